The van der Waals surface area contributed by atoms with Crippen molar-refractivity contribution in [1.29, 1.82) is 0 Å². The van der Waals surface area contributed by atoms with Gasteiger partial charge in [0.2, 0.25) is 0 Å². The first-order chi connectivity index (χ1) is 23.4. The molecule has 2 saturated carbocycles. The Balaban J connectivity index is 1.12. The average Bonchev–Trinajstić information content (AvgIpc) is 3.40. The molecule has 6 aliphatic rings. The van der Waals surface area contributed by atoms with Gasteiger partial charge in [-0.25, -0.2) is 0 Å². The summed E-state index contributed by atoms with van der Waals surface area (Å²) in [6, 6.07) is -3.95. The van der Waals surface area contributed by atoms with Gasteiger partial charge in [-0.1, -0.05) is 19.3 Å². The molecule has 49 heavy (non-hydrogen) atoms. The van der Waals surface area contributed by atoms with Crippen LogP contribution in [0, 0.1) is 5.92 Å². The van der Waals surface area contributed by atoms with Crippen LogP contribution in [0.1, 0.15) is 38.5 Å². The molecule has 0 aromatic carbocycles. The molecule has 0 radical (unpaired) electrons. The Morgan fingerprint density at radius 2 is 1.24 bits per heavy atom. The second kappa shape index (κ2) is 16.1. The van der Waals surface area contributed by atoms with Crippen LogP contribution in [0.25, 0.3) is 0 Å². The zero-order chi connectivity index (χ0) is 35.1. The summed E-state index contributed by atoms with van der Waals surface area (Å²) in [4.78, 5) is 0. The second-order valence-corrected chi connectivity index (χ2v) is 14.2. The summed E-state index contributed by atoms with van der Waals surface area (Å²) in [5.74, 6) is 0.230. The molecule has 0 bridgehead atoms. The molecule has 19 heteroatoms. The fraction of sp³-hybridized carbons (Fsp3) is 1.00. The van der Waals surface area contributed by atoms with Crippen LogP contribution in [0.3, 0.4) is 0 Å². The van der Waals surface area contributed by atoms with Gasteiger partial charge in [0.1, 0.15) is 67.1 Å². The largest absolute Gasteiger partial charge is 0.394 e. The predicted molar refractivity (Wildman–Crippen MR) is 164 cm³/mol. The first-order valence-corrected chi connectivity index (χ1v) is 17.4. The minimum Gasteiger partial charge on any atom is -0.394 e. The number of fused-ring (bicyclic) bond motifs is 1. The lowest BCUT2D eigenvalue weighted by Crippen LogP contribution is -2.69. The Hall–Kier alpha value is -0.760. The van der Waals surface area contributed by atoms with Gasteiger partial charge in [-0.2, -0.15) is 0 Å². The van der Waals surface area contributed by atoms with Crippen molar-refractivity contribution in [2.24, 2.45) is 34.6 Å². The Kier molecular flexibility index (Phi) is 12.5. The Labute approximate surface area is 284 Å². The SMILES string of the molecule is NCC1O[C@H](O[C@H]2[C@@H](O)[C@H](O[C@@H]3[C@@H](O)[C@H](N)C[C@H](N)[C@@H]3O[C@H]3O[C@@H]4COC(C5CCCCC5)O[C@H]4[C@H](O)[C@H]3N)O[C@@H]2CO)[C@H](N)[C@@H](O)[C@@H]1O. The molecule has 0 aromatic rings. The molecular formula is C30H55N5O14. The lowest BCUT2D eigenvalue weighted by molar-refractivity contribution is -0.360. The van der Waals surface area contributed by atoms with Gasteiger partial charge in [0.25, 0.3) is 0 Å². The minimum absolute atomic E-state index is 0.129. The lowest BCUT2D eigenvalue weighted by Gasteiger charge is -2.50. The third kappa shape index (κ3) is 7.67. The van der Waals surface area contributed by atoms with E-state index < -0.39 is 129 Å². The van der Waals surface area contributed by atoms with E-state index in [2.05, 4.69) is 0 Å². The van der Waals surface area contributed by atoms with Gasteiger partial charge in [-0.15, -0.1) is 0 Å². The van der Waals surface area contributed by atoms with Gasteiger partial charge in [0, 0.05) is 24.5 Å². The highest BCUT2D eigenvalue weighted by molar-refractivity contribution is 5.02. The van der Waals surface area contributed by atoms with E-state index in [9.17, 15) is 30.6 Å². The van der Waals surface area contributed by atoms with E-state index in [4.69, 9.17) is 66.6 Å². The van der Waals surface area contributed by atoms with Gasteiger partial charge < -0.3 is 97.2 Å². The standard InChI is InChI=1S/C30H55N5O14/c31-7-13-19(38)20(39)16(34)28(43-13)48-24-14(8-36)44-30(22(24)41)49-26-18(37)11(32)6-12(33)23(26)46-29-17(35)21(40)25-15(45-29)9-42-27(47-25)10-4-2-1-3-5-10/h10-30,36-41H,1-9,31-35H2/t11-,12+,13?,14-,15-,16-,17-,18+,19-,20-,21-,22-,23+,24-,25-,26-,27?,28-,29-,30+/m1/s1. The van der Waals surface area contributed by atoms with Crippen molar-refractivity contribution in [1.82, 2.24) is 0 Å². The molecule has 4 heterocycles. The normalized spacial score (nSPS) is 53.0. The van der Waals surface area contributed by atoms with E-state index in [0.29, 0.717) is 0 Å². The van der Waals surface area contributed by atoms with Crippen LogP contribution in [0.15, 0.2) is 0 Å². The zero-order valence-corrected chi connectivity index (χ0v) is 27.3. The maximum absolute atomic E-state index is 11.3. The maximum Gasteiger partial charge on any atom is 0.187 e. The molecule has 6 rings (SSSR count). The van der Waals surface area contributed by atoms with Crippen LogP contribution in [-0.4, -0.2) is 173 Å². The van der Waals surface area contributed by atoms with Gasteiger partial charge in [-0.05, 0) is 19.3 Å². The third-order valence-corrected chi connectivity index (χ3v) is 10.9. The molecule has 4 aliphatic heterocycles. The molecule has 2 aliphatic carbocycles. The Morgan fingerprint density at radius 3 is 1.94 bits per heavy atom. The molecule has 284 valence electrons. The summed E-state index contributed by atoms with van der Waals surface area (Å²) in [6.07, 6.45) is -13.3. The van der Waals surface area contributed by atoms with Crippen LogP contribution in [0.4, 0.5) is 0 Å². The topological polar surface area (TPSA) is 325 Å². The molecule has 6 fully saturated rings. The van der Waals surface area contributed by atoms with E-state index in [1.807, 2.05) is 0 Å². The second-order valence-electron chi connectivity index (χ2n) is 14.2. The highest BCUT2D eigenvalue weighted by Crippen LogP contribution is 2.37. The number of hydrogen-bond acceptors (Lipinski definition) is 19. The average molecular weight is 710 g/mol. The van der Waals surface area contributed by atoms with Gasteiger partial charge in [0.15, 0.2) is 25.2 Å². The van der Waals surface area contributed by atoms with E-state index >= 15 is 0 Å². The molecule has 4 saturated heterocycles. The van der Waals surface area contributed by atoms with Gasteiger partial charge >= 0.3 is 0 Å². The lowest BCUT2D eigenvalue weighted by atomic mass is 9.84. The van der Waals surface area contributed by atoms with Crippen molar-refractivity contribution < 1.29 is 68.5 Å². The van der Waals surface area contributed by atoms with E-state index in [0.717, 1.165) is 25.7 Å². The van der Waals surface area contributed by atoms with Crippen molar-refractivity contribution >= 4 is 0 Å². The summed E-state index contributed by atoms with van der Waals surface area (Å²) in [5, 5.41) is 64.4. The van der Waals surface area contributed by atoms with E-state index in [-0.39, 0.29) is 25.5 Å². The maximum atomic E-state index is 11.3. The molecule has 0 amide bonds. The number of aliphatic hydroxyl groups is 6. The number of rotatable bonds is 9. The molecule has 16 N–H and O–H groups in total. The first kappa shape index (κ1) is 38.0. The number of hydrogen-bond donors (Lipinski definition) is 11. The van der Waals surface area contributed by atoms with Crippen LogP contribution in [-0.2, 0) is 37.9 Å². The van der Waals surface area contributed by atoms with Crippen LogP contribution < -0.4 is 28.7 Å². The fourth-order valence-electron chi connectivity index (χ4n) is 7.88. The molecule has 0 aromatic heterocycles. The minimum atomic E-state index is -1.58. The van der Waals surface area contributed by atoms with E-state index in [1.165, 1.54) is 6.42 Å². The highest BCUT2D eigenvalue weighted by Gasteiger charge is 2.55. The molecule has 2 unspecified atom stereocenters. The van der Waals surface area contributed by atoms with Crippen molar-refractivity contribution in [2.45, 2.75) is 161 Å². The van der Waals surface area contributed by atoms with Crippen molar-refractivity contribution in [3.05, 3.63) is 0 Å². The first-order valence-electron chi connectivity index (χ1n) is 17.4. The molecular weight excluding hydrogens is 654 g/mol. The van der Waals surface area contributed by atoms with Gasteiger partial charge in [0.05, 0.1) is 31.4 Å². The summed E-state index contributed by atoms with van der Waals surface area (Å²) >= 11 is 0. The Bertz CT molecular complexity index is 1060. The summed E-state index contributed by atoms with van der Waals surface area (Å²) in [6.45, 7) is -0.626. The highest BCUT2D eigenvalue weighted by atomic mass is 16.8. The summed E-state index contributed by atoms with van der Waals surface area (Å²) in [5.41, 5.74) is 30.8. The molecule has 0 spiro atoms. The quantitative estimate of drug-likeness (QED) is 0.106. The van der Waals surface area contributed by atoms with Crippen molar-refractivity contribution in [3.63, 3.8) is 0 Å². The molecule has 20 atom stereocenters. The zero-order valence-electron chi connectivity index (χ0n) is 27.3. The van der Waals surface area contributed by atoms with Crippen LogP contribution in [0.5, 0.6) is 0 Å². The monoisotopic (exact) mass is 709 g/mol. The third-order valence-electron chi connectivity index (χ3n) is 10.9. The predicted octanol–water partition coefficient (Wildman–Crippen LogP) is -5.89. The number of ether oxygens (including phenoxy) is 8. The number of aliphatic hydroxyl groups excluding tert-OH is 6. The smallest absolute Gasteiger partial charge is 0.187 e. The van der Waals surface area contributed by atoms with Crippen molar-refractivity contribution in [3.8, 4) is 0 Å². The summed E-state index contributed by atoms with van der Waals surface area (Å²) in [7, 11) is 0. The Morgan fingerprint density at radius 1 is 0.612 bits per heavy atom. The van der Waals surface area contributed by atoms with Crippen LogP contribution >= 0.6 is 0 Å². The van der Waals surface area contributed by atoms with Crippen molar-refractivity contribution in [2.75, 3.05) is 19.8 Å². The number of nitrogens with two attached hydrogens (primary N) is 5. The fourth-order valence-corrected chi connectivity index (χ4v) is 7.88. The van der Waals surface area contributed by atoms with E-state index in [1.54, 1.807) is 0 Å². The van der Waals surface area contributed by atoms with Crippen LogP contribution in [0.2, 0.25) is 0 Å². The summed E-state index contributed by atoms with van der Waals surface area (Å²) < 4.78 is 48.0. The molecule has 19 nitrogen and oxygen atoms in total. The van der Waals surface area contributed by atoms with Gasteiger partial charge in [-0.3, -0.25) is 0 Å².